The molecule has 0 amide bonds. The van der Waals surface area contributed by atoms with Crippen molar-refractivity contribution in [1.29, 1.82) is 0 Å². The number of aromatic nitrogens is 4. The van der Waals surface area contributed by atoms with Crippen molar-refractivity contribution in [3.8, 4) is 0 Å². The van der Waals surface area contributed by atoms with E-state index in [4.69, 9.17) is 0 Å². The standard InChI is InChI=1S/C6H5N5O3/c1-10-4-3(7-2-8-4)5(12)11(9-14)6(10)13/h2H,1H3,(H,7,8). The smallest absolute Gasteiger partial charge is 0.339 e. The van der Waals surface area contributed by atoms with Crippen LogP contribution >= 0.6 is 0 Å². The van der Waals surface area contributed by atoms with Gasteiger partial charge < -0.3 is 4.98 Å². The molecule has 0 radical (unpaired) electrons. The lowest BCUT2D eigenvalue weighted by atomic mass is 10.5. The van der Waals surface area contributed by atoms with Crippen molar-refractivity contribution in [1.82, 2.24) is 19.2 Å². The average molecular weight is 195 g/mol. The van der Waals surface area contributed by atoms with Crippen LogP contribution in [0, 0.1) is 4.91 Å². The van der Waals surface area contributed by atoms with Crippen molar-refractivity contribution < 1.29 is 0 Å². The molecule has 0 spiro atoms. The van der Waals surface area contributed by atoms with Gasteiger partial charge in [-0.1, -0.05) is 0 Å². The van der Waals surface area contributed by atoms with Gasteiger partial charge in [0, 0.05) is 7.05 Å². The van der Waals surface area contributed by atoms with Crippen molar-refractivity contribution in [2.75, 3.05) is 0 Å². The lowest BCUT2D eigenvalue weighted by Crippen LogP contribution is -2.36. The first-order valence-corrected chi connectivity index (χ1v) is 3.65. The van der Waals surface area contributed by atoms with Crippen LogP contribution < -0.4 is 11.2 Å². The van der Waals surface area contributed by atoms with Crippen LogP contribution in [0.5, 0.6) is 0 Å². The van der Waals surface area contributed by atoms with Gasteiger partial charge in [0.25, 0.3) is 0 Å². The van der Waals surface area contributed by atoms with Crippen LogP contribution in [0.4, 0.5) is 0 Å². The molecule has 0 aliphatic heterocycles. The summed E-state index contributed by atoms with van der Waals surface area (Å²) >= 11 is 0. The third-order valence-electron chi connectivity index (χ3n) is 1.89. The zero-order valence-corrected chi connectivity index (χ0v) is 7.09. The molecule has 0 aromatic carbocycles. The molecule has 8 heteroatoms. The highest BCUT2D eigenvalue weighted by molar-refractivity contribution is 5.68. The van der Waals surface area contributed by atoms with Crippen molar-refractivity contribution in [2.45, 2.75) is 0 Å². The quantitative estimate of drug-likeness (QED) is 0.586. The number of nitrogens with zero attached hydrogens (tertiary/aromatic N) is 4. The Morgan fingerprint density at radius 3 is 2.86 bits per heavy atom. The van der Waals surface area contributed by atoms with Crippen LogP contribution in [0.25, 0.3) is 11.2 Å². The number of imidazole rings is 1. The Morgan fingerprint density at radius 2 is 2.21 bits per heavy atom. The molecule has 0 aliphatic rings. The van der Waals surface area contributed by atoms with E-state index in [2.05, 4.69) is 15.3 Å². The molecule has 0 saturated heterocycles. The Labute approximate surface area is 75.8 Å². The highest BCUT2D eigenvalue weighted by Gasteiger charge is 2.12. The number of nitrogens with one attached hydrogen (secondary N) is 1. The van der Waals surface area contributed by atoms with E-state index in [-0.39, 0.29) is 15.8 Å². The molecule has 0 aliphatic carbocycles. The molecule has 2 aromatic rings. The molecule has 1 N–H and O–H groups in total. The lowest BCUT2D eigenvalue weighted by molar-refractivity contribution is 0.687. The number of hydrogen-bond acceptors (Lipinski definition) is 5. The zero-order valence-electron chi connectivity index (χ0n) is 7.09. The minimum absolute atomic E-state index is 0.0756. The number of H-pyrrole nitrogens is 1. The van der Waals surface area contributed by atoms with Crippen LogP contribution in [-0.4, -0.2) is 19.2 Å². The lowest BCUT2D eigenvalue weighted by Gasteiger charge is -1.98. The minimum Gasteiger partial charge on any atom is -0.339 e. The normalized spacial score (nSPS) is 10.6. The van der Waals surface area contributed by atoms with Gasteiger partial charge in [-0.25, -0.2) is 9.78 Å². The zero-order chi connectivity index (χ0) is 10.3. The van der Waals surface area contributed by atoms with Crippen LogP contribution in [-0.2, 0) is 7.05 Å². The summed E-state index contributed by atoms with van der Waals surface area (Å²) in [7, 11) is 1.40. The first-order valence-electron chi connectivity index (χ1n) is 3.65. The molecule has 14 heavy (non-hydrogen) atoms. The average Bonchev–Trinajstić information content (AvgIpc) is 2.64. The predicted molar refractivity (Wildman–Crippen MR) is 46.8 cm³/mol. The third-order valence-corrected chi connectivity index (χ3v) is 1.89. The van der Waals surface area contributed by atoms with Gasteiger partial charge in [-0.2, -0.15) is 0 Å². The molecule has 72 valence electrons. The van der Waals surface area contributed by atoms with Crippen LogP contribution in [0.3, 0.4) is 0 Å². The fourth-order valence-electron chi connectivity index (χ4n) is 1.20. The summed E-state index contributed by atoms with van der Waals surface area (Å²) in [5.74, 6) is 0. The monoisotopic (exact) mass is 195 g/mol. The summed E-state index contributed by atoms with van der Waals surface area (Å²) in [5.41, 5.74) is -1.34. The van der Waals surface area contributed by atoms with Crippen molar-refractivity contribution in [2.24, 2.45) is 12.3 Å². The van der Waals surface area contributed by atoms with Crippen molar-refractivity contribution in [3.05, 3.63) is 32.1 Å². The second kappa shape index (κ2) is 2.62. The van der Waals surface area contributed by atoms with E-state index in [0.717, 1.165) is 4.57 Å². The molecule has 0 atom stereocenters. The summed E-state index contributed by atoms with van der Waals surface area (Å²) in [5, 5.41) is 2.33. The molecule has 0 bridgehead atoms. The molecule has 2 heterocycles. The summed E-state index contributed by atoms with van der Waals surface area (Å²) in [4.78, 5) is 39.2. The second-order valence-electron chi connectivity index (χ2n) is 2.64. The predicted octanol–water partition coefficient (Wildman–Crippen LogP) is -1.05. The van der Waals surface area contributed by atoms with Crippen molar-refractivity contribution in [3.63, 3.8) is 0 Å². The van der Waals surface area contributed by atoms with Gasteiger partial charge in [0.2, 0.25) is 0 Å². The fraction of sp³-hybridized carbons (Fsp3) is 0.167. The molecule has 0 fully saturated rings. The number of fused-ring (bicyclic) bond motifs is 1. The Morgan fingerprint density at radius 1 is 1.50 bits per heavy atom. The number of nitroso groups, excluding NO2 is 1. The Kier molecular flexibility index (Phi) is 1.56. The topological polar surface area (TPSA) is 102 Å². The maximum absolute atomic E-state index is 11.4. The molecule has 8 nitrogen and oxygen atoms in total. The second-order valence-corrected chi connectivity index (χ2v) is 2.64. The van der Waals surface area contributed by atoms with Crippen LogP contribution in [0.2, 0.25) is 0 Å². The van der Waals surface area contributed by atoms with E-state index < -0.39 is 11.2 Å². The first kappa shape index (κ1) is 8.35. The molecule has 2 rings (SSSR count). The van der Waals surface area contributed by atoms with Gasteiger partial charge >= 0.3 is 11.2 Å². The summed E-state index contributed by atoms with van der Waals surface area (Å²) in [6.45, 7) is 0. The fourth-order valence-corrected chi connectivity index (χ4v) is 1.20. The number of rotatable bonds is 1. The van der Waals surface area contributed by atoms with E-state index in [9.17, 15) is 14.5 Å². The molecule has 2 aromatic heterocycles. The van der Waals surface area contributed by atoms with Gasteiger partial charge in [0.05, 0.1) is 11.6 Å². The molecular weight excluding hydrogens is 190 g/mol. The van der Waals surface area contributed by atoms with E-state index in [0.29, 0.717) is 0 Å². The Bertz CT molecular complexity index is 618. The van der Waals surface area contributed by atoms with Gasteiger partial charge in [-0.3, -0.25) is 9.36 Å². The molecular formula is C6H5N5O3. The third kappa shape index (κ3) is 0.843. The maximum atomic E-state index is 11.4. The highest BCUT2D eigenvalue weighted by atomic mass is 16.3. The number of aromatic amines is 1. The molecule has 0 saturated carbocycles. The Hall–Kier alpha value is -2.25. The van der Waals surface area contributed by atoms with E-state index >= 15 is 0 Å². The number of hydrogen-bond donors (Lipinski definition) is 1. The molecule has 0 unspecified atom stereocenters. The van der Waals surface area contributed by atoms with Gasteiger partial charge in [0.1, 0.15) is 0 Å². The summed E-state index contributed by atoms with van der Waals surface area (Å²) in [6.07, 6.45) is 1.26. The van der Waals surface area contributed by atoms with Crippen molar-refractivity contribution >= 4 is 11.2 Å². The summed E-state index contributed by atoms with van der Waals surface area (Å²) in [6, 6.07) is 0. The summed E-state index contributed by atoms with van der Waals surface area (Å²) < 4.78 is 1.30. The first-order chi connectivity index (χ1) is 6.66. The largest absolute Gasteiger partial charge is 0.356 e. The van der Waals surface area contributed by atoms with Gasteiger partial charge in [0.15, 0.2) is 11.2 Å². The van der Waals surface area contributed by atoms with Gasteiger partial charge in [-0.15, -0.1) is 9.58 Å². The van der Waals surface area contributed by atoms with E-state index in [1.54, 1.807) is 0 Å². The maximum Gasteiger partial charge on any atom is 0.356 e. The number of aryl methyl sites for hydroxylation is 1. The highest BCUT2D eigenvalue weighted by Crippen LogP contribution is 1.97. The van der Waals surface area contributed by atoms with Gasteiger partial charge in [-0.05, 0) is 0 Å². The van der Waals surface area contributed by atoms with Crippen LogP contribution in [0.1, 0.15) is 0 Å². The minimum atomic E-state index is -0.815. The SMILES string of the molecule is Cn1c(=O)n(N=O)c(=O)c2[nH]cnc21. The Balaban J connectivity index is 3.18. The van der Waals surface area contributed by atoms with E-state index in [1.165, 1.54) is 13.4 Å². The van der Waals surface area contributed by atoms with Crippen LogP contribution in [0.15, 0.2) is 21.2 Å². The van der Waals surface area contributed by atoms with E-state index in [1.807, 2.05) is 0 Å².